The summed E-state index contributed by atoms with van der Waals surface area (Å²) in [6.07, 6.45) is 2.90. The summed E-state index contributed by atoms with van der Waals surface area (Å²) in [5.41, 5.74) is 1.32. The van der Waals surface area contributed by atoms with Crippen molar-refractivity contribution in [2.75, 3.05) is 24.8 Å². The number of imide groups is 1. The van der Waals surface area contributed by atoms with E-state index in [0.29, 0.717) is 23.4 Å². The van der Waals surface area contributed by atoms with E-state index in [-0.39, 0.29) is 12.5 Å². The lowest BCUT2D eigenvalue weighted by molar-refractivity contribution is -0.116. The number of rotatable bonds is 9. The highest BCUT2D eigenvalue weighted by Gasteiger charge is 2.28. The molecular formula is C22H26N2O5S2. The first kappa shape index (κ1) is 23.1. The van der Waals surface area contributed by atoms with E-state index in [1.54, 1.807) is 25.8 Å². The summed E-state index contributed by atoms with van der Waals surface area (Å²) >= 11 is 3.10. The lowest BCUT2D eigenvalue weighted by Gasteiger charge is -2.09. The molecule has 3 amide bonds. The van der Waals surface area contributed by atoms with Gasteiger partial charge in [0.15, 0.2) is 0 Å². The van der Waals surface area contributed by atoms with Crippen LogP contribution in [0, 0.1) is 0 Å². The van der Waals surface area contributed by atoms with Gasteiger partial charge in [0.25, 0.3) is 5.91 Å². The number of hydrogen-bond acceptors (Lipinski definition) is 7. The Balaban J connectivity index is 1.54. The van der Waals surface area contributed by atoms with Crippen molar-refractivity contribution in [1.82, 2.24) is 5.32 Å². The zero-order valence-electron chi connectivity index (χ0n) is 17.6. The molecule has 166 valence electrons. The zero-order valence-corrected chi connectivity index (χ0v) is 19.2. The van der Waals surface area contributed by atoms with Crippen LogP contribution in [0.2, 0.25) is 0 Å². The van der Waals surface area contributed by atoms with Crippen LogP contribution in [0.1, 0.15) is 47.0 Å². The molecule has 0 aliphatic heterocycles. The normalized spacial score (nSPS) is 12.2. The average molecular weight is 463 g/mol. The van der Waals surface area contributed by atoms with E-state index in [0.717, 1.165) is 46.1 Å². The first-order chi connectivity index (χ1) is 15.0. The Kier molecular flexibility index (Phi) is 8.36. The number of thioether (sulfide) groups is 1. The van der Waals surface area contributed by atoms with Gasteiger partial charge in [-0.25, -0.2) is 4.79 Å². The van der Waals surface area contributed by atoms with Crippen LogP contribution in [0.25, 0.3) is 0 Å². The summed E-state index contributed by atoms with van der Waals surface area (Å²) < 4.78 is 9.95. The van der Waals surface area contributed by atoms with Crippen LogP contribution in [0.15, 0.2) is 29.2 Å². The molecule has 0 bridgehead atoms. The third kappa shape index (κ3) is 6.24. The van der Waals surface area contributed by atoms with Crippen LogP contribution >= 0.6 is 23.1 Å². The summed E-state index contributed by atoms with van der Waals surface area (Å²) in [6, 6.07) is 7.80. The molecular weight excluding hydrogens is 436 g/mol. The first-order valence-electron chi connectivity index (χ1n) is 10.2. The summed E-state index contributed by atoms with van der Waals surface area (Å²) in [4.78, 5) is 39.0. The standard InChI is InChI=1S/C22H26N2O5S2/c1-3-29-22(27)24-20(26)19-16-6-4-7-17(16)31-21(19)23-18(25)8-5-13-30-15-11-9-14(28-2)10-12-15/h9-12H,3-8,13H2,1-2H3,(H,23,25)(H,24,26,27). The molecule has 0 saturated carbocycles. The molecule has 0 unspecified atom stereocenters. The minimum absolute atomic E-state index is 0.138. The Labute approximate surface area is 189 Å². The van der Waals surface area contributed by atoms with E-state index in [4.69, 9.17) is 9.47 Å². The number of thiophene rings is 1. The van der Waals surface area contributed by atoms with Crippen molar-refractivity contribution >= 4 is 46.0 Å². The van der Waals surface area contributed by atoms with Gasteiger partial charge in [0, 0.05) is 16.2 Å². The maximum Gasteiger partial charge on any atom is 0.414 e. The number of fused-ring (bicyclic) bond motifs is 1. The lowest BCUT2D eigenvalue weighted by atomic mass is 10.1. The second-order valence-corrected chi connectivity index (χ2v) is 9.19. The van der Waals surface area contributed by atoms with Gasteiger partial charge >= 0.3 is 6.09 Å². The van der Waals surface area contributed by atoms with Crippen molar-refractivity contribution in [3.05, 3.63) is 40.3 Å². The minimum atomic E-state index is -0.779. The molecule has 0 saturated heterocycles. The fourth-order valence-electron chi connectivity index (χ4n) is 3.34. The molecule has 0 fully saturated rings. The third-order valence-electron chi connectivity index (χ3n) is 4.77. The molecule has 2 N–H and O–H groups in total. The van der Waals surface area contributed by atoms with E-state index < -0.39 is 12.0 Å². The van der Waals surface area contributed by atoms with Crippen molar-refractivity contribution in [3.8, 4) is 5.75 Å². The molecule has 1 heterocycles. The Morgan fingerprint density at radius 1 is 1.16 bits per heavy atom. The van der Waals surface area contributed by atoms with Gasteiger partial charge in [-0.2, -0.15) is 0 Å². The van der Waals surface area contributed by atoms with Gasteiger partial charge in [0.05, 0.1) is 19.3 Å². The monoisotopic (exact) mass is 462 g/mol. The van der Waals surface area contributed by atoms with Crippen LogP contribution in [-0.2, 0) is 22.4 Å². The van der Waals surface area contributed by atoms with E-state index in [1.807, 2.05) is 24.3 Å². The number of amides is 3. The fraction of sp³-hybridized carbons (Fsp3) is 0.409. The molecule has 9 heteroatoms. The highest BCUT2D eigenvalue weighted by Crippen LogP contribution is 2.39. The Bertz CT molecular complexity index is 940. The number of methoxy groups -OCH3 is 1. The molecule has 0 spiro atoms. The molecule has 7 nitrogen and oxygen atoms in total. The Hall–Kier alpha value is -2.52. The van der Waals surface area contributed by atoms with E-state index in [9.17, 15) is 14.4 Å². The highest BCUT2D eigenvalue weighted by molar-refractivity contribution is 7.99. The average Bonchev–Trinajstić information content (AvgIpc) is 3.32. The third-order valence-corrected chi connectivity index (χ3v) is 7.07. The van der Waals surface area contributed by atoms with Gasteiger partial charge in [-0.1, -0.05) is 0 Å². The van der Waals surface area contributed by atoms with Crippen molar-refractivity contribution in [3.63, 3.8) is 0 Å². The number of hydrogen-bond donors (Lipinski definition) is 2. The van der Waals surface area contributed by atoms with Gasteiger partial charge in [-0.15, -0.1) is 23.1 Å². The van der Waals surface area contributed by atoms with E-state index >= 15 is 0 Å². The smallest absolute Gasteiger partial charge is 0.414 e. The van der Waals surface area contributed by atoms with Gasteiger partial charge in [-0.05, 0) is 68.2 Å². The van der Waals surface area contributed by atoms with Crippen LogP contribution in [0.3, 0.4) is 0 Å². The van der Waals surface area contributed by atoms with E-state index in [2.05, 4.69) is 10.6 Å². The Morgan fingerprint density at radius 3 is 2.65 bits per heavy atom. The predicted molar refractivity (Wildman–Crippen MR) is 122 cm³/mol. The number of ether oxygens (including phenoxy) is 2. The van der Waals surface area contributed by atoms with Crippen molar-refractivity contribution in [1.29, 1.82) is 0 Å². The number of nitrogens with one attached hydrogen (secondary N) is 2. The summed E-state index contributed by atoms with van der Waals surface area (Å²) in [6.45, 7) is 1.85. The fourth-order valence-corrected chi connectivity index (χ4v) is 5.49. The first-order valence-corrected chi connectivity index (χ1v) is 12.0. The summed E-state index contributed by atoms with van der Waals surface area (Å²) in [7, 11) is 1.63. The number of anilines is 1. The number of aryl methyl sites for hydroxylation is 1. The molecule has 3 rings (SSSR count). The van der Waals surface area contributed by atoms with Crippen LogP contribution in [0.4, 0.5) is 9.80 Å². The quantitative estimate of drug-likeness (QED) is 0.416. The van der Waals surface area contributed by atoms with Gasteiger partial charge < -0.3 is 14.8 Å². The van der Waals surface area contributed by atoms with Crippen molar-refractivity contribution in [2.24, 2.45) is 0 Å². The molecule has 1 aromatic heterocycles. The largest absolute Gasteiger partial charge is 0.497 e. The second kappa shape index (κ2) is 11.2. The lowest BCUT2D eigenvalue weighted by Crippen LogP contribution is -2.32. The van der Waals surface area contributed by atoms with Crippen LogP contribution in [-0.4, -0.2) is 37.4 Å². The molecule has 1 aliphatic carbocycles. The molecule has 0 atom stereocenters. The van der Waals surface area contributed by atoms with Gasteiger partial charge in [0.1, 0.15) is 10.8 Å². The van der Waals surface area contributed by atoms with Crippen LogP contribution in [0.5, 0.6) is 5.75 Å². The maximum atomic E-state index is 12.6. The van der Waals surface area contributed by atoms with E-state index in [1.165, 1.54) is 11.3 Å². The van der Waals surface area contributed by atoms with Crippen molar-refractivity contribution < 1.29 is 23.9 Å². The van der Waals surface area contributed by atoms with Gasteiger partial charge in [-0.3, -0.25) is 14.9 Å². The second-order valence-electron chi connectivity index (χ2n) is 6.91. The summed E-state index contributed by atoms with van der Waals surface area (Å²) in [5, 5.41) is 5.64. The topological polar surface area (TPSA) is 93.7 Å². The maximum absolute atomic E-state index is 12.6. The minimum Gasteiger partial charge on any atom is -0.497 e. The number of carbonyl (C=O) groups is 3. The highest BCUT2D eigenvalue weighted by atomic mass is 32.2. The molecule has 0 radical (unpaired) electrons. The Morgan fingerprint density at radius 2 is 1.94 bits per heavy atom. The van der Waals surface area contributed by atoms with Gasteiger partial charge in [0.2, 0.25) is 5.91 Å². The number of alkyl carbamates (subject to hydrolysis) is 1. The molecule has 2 aromatic rings. The van der Waals surface area contributed by atoms with Crippen LogP contribution < -0.4 is 15.4 Å². The number of benzene rings is 1. The zero-order chi connectivity index (χ0) is 22.2. The molecule has 31 heavy (non-hydrogen) atoms. The molecule has 1 aliphatic rings. The molecule has 1 aromatic carbocycles. The predicted octanol–water partition coefficient (Wildman–Crippen LogP) is 4.64. The SMILES string of the molecule is CCOC(=O)NC(=O)c1c(NC(=O)CCCSc2ccc(OC)cc2)sc2c1CCC2. The number of carbonyl (C=O) groups excluding carboxylic acids is 3. The van der Waals surface area contributed by atoms with Crippen molar-refractivity contribution in [2.45, 2.75) is 43.9 Å². The summed E-state index contributed by atoms with van der Waals surface area (Å²) in [5.74, 6) is 0.953.